The Morgan fingerprint density at radius 2 is 1.96 bits per heavy atom. The second-order valence-corrected chi connectivity index (χ2v) is 7.80. The average molecular weight is 388 g/mol. The lowest BCUT2D eigenvalue weighted by Crippen LogP contribution is -2.38. The summed E-state index contributed by atoms with van der Waals surface area (Å²) in [5, 5.41) is 7.66. The van der Waals surface area contributed by atoms with Gasteiger partial charge in [-0.3, -0.25) is 14.9 Å². The van der Waals surface area contributed by atoms with Gasteiger partial charge in [0.15, 0.2) is 5.11 Å². The normalized spacial score (nSPS) is 14.7. The van der Waals surface area contributed by atoms with Crippen LogP contribution in [-0.2, 0) is 0 Å². The number of amides is 2. The van der Waals surface area contributed by atoms with Crippen molar-refractivity contribution in [1.82, 2.24) is 10.2 Å². The van der Waals surface area contributed by atoms with Gasteiger partial charge in [-0.2, -0.15) is 0 Å². The smallest absolute Gasteiger partial charge is 0.267 e. The first-order chi connectivity index (χ1) is 12.5. The predicted molar refractivity (Wildman–Crippen MR) is 109 cm³/mol. The maximum atomic E-state index is 12.7. The minimum Gasteiger partial charge on any atom is -0.339 e. The average Bonchev–Trinajstić information content (AvgIpc) is 3.17. The number of likely N-dealkylation sites (tertiary alicyclic amines) is 1. The first-order valence-electron chi connectivity index (χ1n) is 8.58. The van der Waals surface area contributed by atoms with E-state index in [1.807, 2.05) is 28.5 Å². The topological polar surface area (TPSA) is 61.4 Å². The molecular formula is C19H21N3O2S2. The van der Waals surface area contributed by atoms with Gasteiger partial charge in [-0.15, -0.1) is 11.3 Å². The SMILES string of the molecule is CC1CCN(C(=O)c2cccc(NC(=S)NC(=O)c3cccs3)c2)CC1. The van der Waals surface area contributed by atoms with Crippen molar-refractivity contribution < 1.29 is 9.59 Å². The zero-order valence-electron chi connectivity index (χ0n) is 14.5. The summed E-state index contributed by atoms with van der Waals surface area (Å²) in [5.74, 6) is 0.470. The fraction of sp³-hybridized carbons (Fsp3) is 0.316. The summed E-state index contributed by atoms with van der Waals surface area (Å²) in [7, 11) is 0. The first-order valence-corrected chi connectivity index (χ1v) is 9.87. The van der Waals surface area contributed by atoms with Crippen molar-refractivity contribution in [3.63, 3.8) is 0 Å². The lowest BCUT2D eigenvalue weighted by atomic mass is 9.98. The highest BCUT2D eigenvalue weighted by Gasteiger charge is 2.21. The van der Waals surface area contributed by atoms with Gasteiger partial charge >= 0.3 is 0 Å². The van der Waals surface area contributed by atoms with Crippen LogP contribution in [0.3, 0.4) is 0 Å². The van der Waals surface area contributed by atoms with Crippen LogP contribution in [0.5, 0.6) is 0 Å². The molecule has 0 saturated carbocycles. The van der Waals surface area contributed by atoms with Gasteiger partial charge in [-0.25, -0.2) is 0 Å². The molecule has 0 bridgehead atoms. The highest BCUT2D eigenvalue weighted by molar-refractivity contribution is 7.80. The van der Waals surface area contributed by atoms with E-state index in [0.717, 1.165) is 25.9 Å². The van der Waals surface area contributed by atoms with Crippen molar-refractivity contribution in [2.45, 2.75) is 19.8 Å². The molecule has 1 aliphatic heterocycles. The molecule has 0 spiro atoms. The molecule has 26 heavy (non-hydrogen) atoms. The van der Waals surface area contributed by atoms with E-state index < -0.39 is 0 Å². The summed E-state index contributed by atoms with van der Waals surface area (Å²) >= 11 is 6.55. The van der Waals surface area contributed by atoms with Crippen LogP contribution in [0, 0.1) is 5.92 Å². The fourth-order valence-corrected chi connectivity index (χ4v) is 3.69. The number of thiocarbonyl (C=S) groups is 1. The molecule has 5 nitrogen and oxygen atoms in total. The van der Waals surface area contributed by atoms with E-state index in [9.17, 15) is 9.59 Å². The van der Waals surface area contributed by atoms with Crippen molar-refractivity contribution in [1.29, 1.82) is 0 Å². The van der Waals surface area contributed by atoms with Crippen LogP contribution in [0.15, 0.2) is 41.8 Å². The van der Waals surface area contributed by atoms with Crippen molar-refractivity contribution in [3.8, 4) is 0 Å². The number of benzene rings is 1. The Labute approximate surface area is 162 Å². The molecule has 2 N–H and O–H groups in total. The van der Waals surface area contributed by atoms with Crippen LogP contribution in [-0.4, -0.2) is 34.9 Å². The molecule has 1 aromatic heterocycles. The summed E-state index contributed by atoms with van der Waals surface area (Å²) in [5.41, 5.74) is 1.30. The maximum absolute atomic E-state index is 12.7. The van der Waals surface area contributed by atoms with E-state index in [4.69, 9.17) is 12.2 Å². The number of carbonyl (C=O) groups is 2. The summed E-state index contributed by atoms with van der Waals surface area (Å²) in [6, 6.07) is 10.8. The van der Waals surface area contributed by atoms with E-state index in [2.05, 4.69) is 17.6 Å². The minimum atomic E-state index is -0.243. The largest absolute Gasteiger partial charge is 0.339 e. The highest BCUT2D eigenvalue weighted by Crippen LogP contribution is 2.19. The maximum Gasteiger partial charge on any atom is 0.267 e. The minimum absolute atomic E-state index is 0.0362. The van der Waals surface area contributed by atoms with E-state index in [-0.39, 0.29) is 16.9 Å². The second kappa shape index (κ2) is 8.42. The summed E-state index contributed by atoms with van der Waals surface area (Å²) < 4.78 is 0. The molecule has 1 saturated heterocycles. The first kappa shape index (κ1) is 18.5. The lowest BCUT2D eigenvalue weighted by molar-refractivity contribution is 0.0697. The van der Waals surface area contributed by atoms with E-state index >= 15 is 0 Å². The Morgan fingerprint density at radius 1 is 1.19 bits per heavy atom. The number of piperidine rings is 1. The van der Waals surface area contributed by atoms with Gasteiger partial charge in [-0.1, -0.05) is 19.1 Å². The number of anilines is 1. The summed E-state index contributed by atoms with van der Waals surface area (Å²) in [4.78, 5) is 27.2. The number of rotatable bonds is 3. The van der Waals surface area contributed by atoms with Gasteiger partial charge in [-0.05, 0) is 60.6 Å². The van der Waals surface area contributed by atoms with Crippen LogP contribution in [0.1, 0.15) is 39.8 Å². The van der Waals surface area contributed by atoms with Crippen LogP contribution in [0.25, 0.3) is 0 Å². The van der Waals surface area contributed by atoms with Crippen LogP contribution < -0.4 is 10.6 Å². The number of carbonyl (C=O) groups excluding carboxylic acids is 2. The highest BCUT2D eigenvalue weighted by atomic mass is 32.1. The Hall–Kier alpha value is -2.25. The molecule has 3 rings (SSSR count). The zero-order chi connectivity index (χ0) is 18.5. The summed E-state index contributed by atoms with van der Waals surface area (Å²) in [6.07, 6.45) is 2.09. The molecule has 1 aliphatic rings. The molecule has 7 heteroatoms. The van der Waals surface area contributed by atoms with Gasteiger partial charge in [0.1, 0.15) is 0 Å². The van der Waals surface area contributed by atoms with Gasteiger partial charge in [0.2, 0.25) is 0 Å². The van der Waals surface area contributed by atoms with E-state index in [0.29, 0.717) is 22.0 Å². The lowest BCUT2D eigenvalue weighted by Gasteiger charge is -2.30. The van der Waals surface area contributed by atoms with Crippen LogP contribution in [0.2, 0.25) is 0 Å². The molecule has 2 aromatic rings. The molecule has 136 valence electrons. The molecule has 0 atom stereocenters. The third-order valence-corrected chi connectivity index (χ3v) is 5.48. The molecule has 1 aromatic carbocycles. The molecule has 2 heterocycles. The van der Waals surface area contributed by atoms with E-state index in [1.54, 1.807) is 18.2 Å². The Balaban J connectivity index is 1.61. The number of nitrogens with zero attached hydrogens (tertiary/aromatic N) is 1. The summed E-state index contributed by atoms with van der Waals surface area (Å²) in [6.45, 7) is 3.82. The van der Waals surface area contributed by atoms with Crippen molar-refractivity contribution in [3.05, 3.63) is 52.2 Å². The Kier molecular flexibility index (Phi) is 6.00. The van der Waals surface area contributed by atoms with Crippen molar-refractivity contribution in [2.24, 2.45) is 5.92 Å². The van der Waals surface area contributed by atoms with Crippen molar-refractivity contribution in [2.75, 3.05) is 18.4 Å². The Morgan fingerprint density at radius 3 is 2.65 bits per heavy atom. The van der Waals surface area contributed by atoms with Crippen LogP contribution in [0.4, 0.5) is 5.69 Å². The number of nitrogens with one attached hydrogen (secondary N) is 2. The molecule has 0 unspecified atom stereocenters. The number of thiophene rings is 1. The molecule has 0 radical (unpaired) electrons. The molecule has 1 fully saturated rings. The monoisotopic (exact) mass is 387 g/mol. The van der Waals surface area contributed by atoms with Gasteiger partial charge in [0.25, 0.3) is 11.8 Å². The third kappa shape index (κ3) is 4.68. The van der Waals surface area contributed by atoms with Gasteiger partial charge in [0.05, 0.1) is 4.88 Å². The van der Waals surface area contributed by atoms with E-state index in [1.165, 1.54) is 11.3 Å². The van der Waals surface area contributed by atoms with Gasteiger partial charge in [0, 0.05) is 24.3 Å². The fourth-order valence-electron chi connectivity index (χ4n) is 2.86. The van der Waals surface area contributed by atoms with Gasteiger partial charge < -0.3 is 10.2 Å². The molecule has 0 aliphatic carbocycles. The van der Waals surface area contributed by atoms with Crippen molar-refractivity contribution >= 4 is 46.2 Å². The number of hydrogen-bond acceptors (Lipinski definition) is 4. The number of hydrogen-bond donors (Lipinski definition) is 2. The quantitative estimate of drug-likeness (QED) is 0.788. The third-order valence-electron chi connectivity index (χ3n) is 4.41. The second-order valence-electron chi connectivity index (χ2n) is 6.44. The standard InChI is InChI=1S/C19H21N3O2S2/c1-13-7-9-22(10-8-13)18(24)14-4-2-5-15(12-14)20-19(25)21-17(23)16-6-3-11-26-16/h2-6,11-13H,7-10H2,1H3,(H2,20,21,23,25). The predicted octanol–water partition coefficient (Wildman–Crippen LogP) is 3.75. The molecule has 2 amide bonds. The molecular weight excluding hydrogens is 366 g/mol. The van der Waals surface area contributed by atoms with Crippen LogP contribution >= 0.6 is 23.6 Å². The zero-order valence-corrected chi connectivity index (χ0v) is 16.2. The Bertz CT molecular complexity index is 797.